The van der Waals surface area contributed by atoms with Gasteiger partial charge in [0, 0.05) is 29.5 Å². The van der Waals surface area contributed by atoms with Gasteiger partial charge in [-0.2, -0.15) is 0 Å². The van der Waals surface area contributed by atoms with E-state index in [9.17, 15) is 18.0 Å². The van der Waals surface area contributed by atoms with Crippen molar-refractivity contribution >= 4 is 67.8 Å². The van der Waals surface area contributed by atoms with Crippen LogP contribution in [0.15, 0.2) is 42.5 Å². The van der Waals surface area contributed by atoms with Gasteiger partial charge in [0.05, 0.1) is 27.7 Å². The Morgan fingerprint density at radius 3 is 2.23 bits per heavy atom. The average molecular weight is 614 g/mol. The van der Waals surface area contributed by atoms with Gasteiger partial charge >= 0.3 is 5.97 Å². The van der Waals surface area contributed by atoms with Crippen LogP contribution in [-0.2, 0) is 25.8 Å². The van der Waals surface area contributed by atoms with Crippen molar-refractivity contribution in [3.05, 3.63) is 63.6 Å². The molecule has 1 amide bonds. The van der Waals surface area contributed by atoms with Crippen LogP contribution in [0.25, 0.3) is 0 Å². The molecule has 3 rings (SSSR count). The van der Waals surface area contributed by atoms with Crippen LogP contribution in [0.5, 0.6) is 0 Å². The SMILES string of the molecule is COC(=O)C(Cc1ccc(NC(=O)c2c(Cl)cccc2Cl)cc1)NC(=S)C1(CCCCS(C)(=O)=O)CCCC1. The number of esters is 1. The lowest BCUT2D eigenvalue weighted by Crippen LogP contribution is -2.48. The second-order valence-electron chi connectivity index (χ2n) is 10.1. The number of halogens is 2. The molecule has 1 unspecified atom stereocenters. The van der Waals surface area contributed by atoms with Crippen LogP contribution in [0, 0.1) is 5.41 Å². The molecule has 1 aliphatic carbocycles. The molecule has 0 saturated heterocycles. The van der Waals surface area contributed by atoms with Gasteiger partial charge in [-0.05, 0) is 55.5 Å². The highest BCUT2D eigenvalue weighted by atomic mass is 35.5. The fraction of sp³-hybridized carbons (Fsp3) is 0.464. The summed E-state index contributed by atoms with van der Waals surface area (Å²) in [5.41, 5.74) is 1.36. The largest absolute Gasteiger partial charge is 0.467 e. The number of unbranched alkanes of at least 4 members (excludes halogenated alkanes) is 1. The molecule has 2 aromatic rings. The molecular weight excluding hydrogens is 579 g/mol. The number of benzene rings is 2. The smallest absolute Gasteiger partial charge is 0.328 e. The maximum atomic E-state index is 12.7. The lowest BCUT2D eigenvalue weighted by Gasteiger charge is -2.33. The third kappa shape index (κ3) is 8.90. The first kappa shape index (κ1) is 31.3. The van der Waals surface area contributed by atoms with Crippen LogP contribution in [0.3, 0.4) is 0 Å². The second-order valence-corrected chi connectivity index (χ2v) is 13.6. The molecule has 0 aromatic heterocycles. The maximum absolute atomic E-state index is 12.7. The van der Waals surface area contributed by atoms with Crippen LogP contribution in [0.4, 0.5) is 5.69 Å². The van der Waals surface area contributed by atoms with Gasteiger partial charge in [-0.1, -0.05) is 72.9 Å². The predicted molar refractivity (Wildman–Crippen MR) is 161 cm³/mol. The van der Waals surface area contributed by atoms with Crippen molar-refractivity contribution in [2.45, 2.75) is 57.4 Å². The lowest BCUT2D eigenvalue weighted by molar-refractivity contribution is -0.142. The molecule has 212 valence electrons. The van der Waals surface area contributed by atoms with E-state index >= 15 is 0 Å². The highest BCUT2D eigenvalue weighted by Gasteiger charge is 2.39. The number of ether oxygens (including phenoxy) is 1. The standard InChI is InChI=1S/C28H34Cl2N2O5S2/c1-37-26(34)23(32-27(38)28(14-3-4-15-28)16-5-6-17-39(2,35)36)18-19-10-12-20(13-11-19)31-25(33)24-21(29)8-7-9-22(24)30/h7-13,23H,3-6,14-18H2,1-2H3,(H,31,33)(H,32,38). The molecule has 2 aromatic carbocycles. The van der Waals surface area contributed by atoms with E-state index in [1.54, 1.807) is 30.3 Å². The normalized spacial score (nSPS) is 15.4. The van der Waals surface area contributed by atoms with Crippen LogP contribution >= 0.6 is 35.4 Å². The zero-order chi connectivity index (χ0) is 28.6. The number of hydrogen-bond donors (Lipinski definition) is 2. The van der Waals surface area contributed by atoms with Crippen molar-refractivity contribution in [2.75, 3.05) is 24.4 Å². The lowest BCUT2D eigenvalue weighted by atomic mass is 9.80. The molecule has 39 heavy (non-hydrogen) atoms. The van der Waals surface area contributed by atoms with Crippen molar-refractivity contribution in [1.29, 1.82) is 0 Å². The van der Waals surface area contributed by atoms with Gasteiger partial charge in [0.1, 0.15) is 15.9 Å². The minimum absolute atomic E-state index is 0.163. The van der Waals surface area contributed by atoms with E-state index in [1.807, 2.05) is 12.1 Å². The number of nitrogens with one attached hydrogen (secondary N) is 2. The molecule has 11 heteroatoms. The number of hydrogen-bond acceptors (Lipinski definition) is 6. The molecule has 0 radical (unpaired) electrons. The van der Waals surface area contributed by atoms with Crippen molar-refractivity contribution < 1.29 is 22.7 Å². The van der Waals surface area contributed by atoms with E-state index in [2.05, 4.69) is 10.6 Å². The summed E-state index contributed by atoms with van der Waals surface area (Å²) in [6.07, 6.45) is 7.63. The summed E-state index contributed by atoms with van der Waals surface area (Å²) in [4.78, 5) is 26.0. The van der Waals surface area contributed by atoms with E-state index in [0.717, 1.165) is 44.1 Å². The first-order chi connectivity index (χ1) is 18.4. The first-order valence-corrected chi connectivity index (χ1v) is 16.1. The van der Waals surface area contributed by atoms with Gasteiger partial charge in [-0.25, -0.2) is 13.2 Å². The van der Waals surface area contributed by atoms with Gasteiger partial charge in [0.2, 0.25) is 0 Å². The molecule has 1 saturated carbocycles. The summed E-state index contributed by atoms with van der Waals surface area (Å²) in [7, 11) is -1.66. The minimum atomic E-state index is -3.00. The molecule has 1 atom stereocenters. The third-order valence-corrected chi connectivity index (χ3v) is 9.31. The highest BCUT2D eigenvalue weighted by Crippen LogP contribution is 2.43. The Balaban J connectivity index is 1.66. The molecule has 1 fully saturated rings. The fourth-order valence-corrected chi connectivity index (χ4v) is 6.73. The first-order valence-electron chi connectivity index (χ1n) is 12.8. The van der Waals surface area contributed by atoms with E-state index in [1.165, 1.54) is 13.4 Å². The van der Waals surface area contributed by atoms with E-state index in [0.29, 0.717) is 23.5 Å². The number of sulfone groups is 1. The van der Waals surface area contributed by atoms with Crippen LogP contribution in [-0.4, -0.2) is 50.4 Å². The molecule has 0 spiro atoms. The monoisotopic (exact) mass is 612 g/mol. The van der Waals surface area contributed by atoms with Crippen LogP contribution in [0.2, 0.25) is 10.0 Å². The topological polar surface area (TPSA) is 102 Å². The predicted octanol–water partition coefficient (Wildman–Crippen LogP) is 6.02. The minimum Gasteiger partial charge on any atom is -0.467 e. The Kier molecular flexibility index (Phi) is 11.2. The Labute approximate surface area is 245 Å². The molecule has 0 bridgehead atoms. The summed E-state index contributed by atoms with van der Waals surface area (Å²) in [5, 5.41) is 6.58. The van der Waals surface area contributed by atoms with Crippen LogP contribution < -0.4 is 10.6 Å². The summed E-state index contributed by atoms with van der Waals surface area (Å²) >= 11 is 18.1. The second kappa shape index (κ2) is 13.9. The molecule has 2 N–H and O–H groups in total. The highest BCUT2D eigenvalue weighted by molar-refractivity contribution is 7.90. The van der Waals surface area contributed by atoms with Gasteiger partial charge < -0.3 is 15.4 Å². The molecule has 0 aliphatic heterocycles. The molecular formula is C28H34Cl2N2O5S2. The van der Waals surface area contributed by atoms with Crippen molar-refractivity contribution in [3.8, 4) is 0 Å². The Morgan fingerprint density at radius 2 is 1.67 bits per heavy atom. The molecule has 7 nitrogen and oxygen atoms in total. The van der Waals surface area contributed by atoms with Crippen molar-refractivity contribution in [2.24, 2.45) is 5.41 Å². The summed E-state index contributed by atoms with van der Waals surface area (Å²) < 4.78 is 28.1. The Morgan fingerprint density at radius 1 is 1.05 bits per heavy atom. The number of methoxy groups -OCH3 is 1. The number of carbonyl (C=O) groups excluding carboxylic acids is 2. The number of amides is 1. The maximum Gasteiger partial charge on any atom is 0.328 e. The van der Waals surface area contributed by atoms with Crippen molar-refractivity contribution in [3.63, 3.8) is 0 Å². The Hall–Kier alpha value is -2.20. The van der Waals surface area contributed by atoms with Gasteiger partial charge in [-0.3, -0.25) is 4.79 Å². The van der Waals surface area contributed by atoms with Gasteiger partial charge in [0.25, 0.3) is 5.91 Å². The number of rotatable bonds is 12. The van der Waals surface area contributed by atoms with Crippen molar-refractivity contribution in [1.82, 2.24) is 5.32 Å². The fourth-order valence-electron chi connectivity index (χ4n) is 4.99. The number of carbonyl (C=O) groups is 2. The van der Waals surface area contributed by atoms with Gasteiger partial charge in [0.15, 0.2) is 0 Å². The van der Waals surface area contributed by atoms with Gasteiger partial charge in [-0.15, -0.1) is 0 Å². The molecule has 0 heterocycles. The zero-order valence-electron chi connectivity index (χ0n) is 22.1. The van der Waals surface area contributed by atoms with E-state index in [4.69, 9.17) is 40.2 Å². The molecule has 1 aliphatic rings. The van der Waals surface area contributed by atoms with E-state index < -0.39 is 27.8 Å². The summed E-state index contributed by atoms with van der Waals surface area (Å²) in [6, 6.07) is 11.3. The average Bonchev–Trinajstić information content (AvgIpc) is 3.36. The summed E-state index contributed by atoms with van der Waals surface area (Å²) in [5.74, 6) is -0.680. The quantitative estimate of drug-likeness (QED) is 0.172. The Bertz CT molecular complexity index is 1270. The van der Waals surface area contributed by atoms with E-state index in [-0.39, 0.29) is 26.8 Å². The zero-order valence-corrected chi connectivity index (χ0v) is 25.2. The van der Waals surface area contributed by atoms with Crippen LogP contribution in [0.1, 0.15) is 60.9 Å². The summed E-state index contributed by atoms with van der Waals surface area (Å²) in [6.45, 7) is 0. The number of thiocarbonyl (C=S) groups is 1. The third-order valence-electron chi connectivity index (χ3n) is 7.10. The number of anilines is 1.